The predicted molar refractivity (Wildman–Crippen MR) is 207 cm³/mol. The number of benzene rings is 2. The van der Waals surface area contributed by atoms with Crippen LogP contribution in [0.4, 0.5) is 0 Å². The van der Waals surface area contributed by atoms with Crippen molar-refractivity contribution in [3.05, 3.63) is 65.7 Å². The zero-order chi connectivity index (χ0) is 40.8. The molecule has 3 N–H and O–H groups in total. The Hall–Kier alpha value is -5.47. The molecule has 4 saturated heterocycles. The van der Waals surface area contributed by atoms with E-state index in [0.717, 1.165) is 5.56 Å². The van der Waals surface area contributed by atoms with Crippen molar-refractivity contribution < 1.29 is 43.0 Å². The van der Waals surface area contributed by atoms with Gasteiger partial charge in [0.2, 0.25) is 35.4 Å². The van der Waals surface area contributed by atoms with E-state index in [1.54, 1.807) is 38.3 Å². The molecule has 6 amide bonds. The SMILES string of the molecule is COc1ccc(CC(=O)N[C@@H](Cc2ccccc2)C(=O)N[C@@H]2C(=O)N3CCC[C@H]3C(=O)N3CCCC[C@H]3C(=O)N[C@@H](C)C(=O)N3C[C@H](C)C[C@H]3C(=O)O[C@H]2C)cc1. The van der Waals surface area contributed by atoms with E-state index in [0.29, 0.717) is 56.4 Å². The number of rotatable bonds is 8. The van der Waals surface area contributed by atoms with Crippen LogP contribution in [0, 0.1) is 5.92 Å². The summed E-state index contributed by atoms with van der Waals surface area (Å²) >= 11 is 0. The van der Waals surface area contributed by atoms with Gasteiger partial charge in [0, 0.05) is 26.1 Å². The molecule has 4 aliphatic heterocycles. The molecule has 4 fully saturated rings. The summed E-state index contributed by atoms with van der Waals surface area (Å²) in [6.45, 7) is 5.75. The number of amides is 6. The van der Waals surface area contributed by atoms with Gasteiger partial charge in [-0.15, -0.1) is 0 Å². The maximum Gasteiger partial charge on any atom is 0.329 e. The van der Waals surface area contributed by atoms with Crippen molar-refractivity contribution in [3.8, 4) is 5.75 Å². The molecule has 8 atom stereocenters. The zero-order valence-electron chi connectivity index (χ0n) is 33.1. The largest absolute Gasteiger partial charge is 0.497 e. The summed E-state index contributed by atoms with van der Waals surface area (Å²) in [6.07, 6.45) is 1.76. The fraction of sp³-hybridized carbons (Fsp3) is 0.548. The van der Waals surface area contributed by atoms with Crippen LogP contribution in [-0.4, -0.2) is 125 Å². The van der Waals surface area contributed by atoms with Crippen LogP contribution < -0.4 is 20.7 Å². The highest BCUT2D eigenvalue weighted by molar-refractivity contribution is 5.98. The molecule has 0 radical (unpaired) electrons. The number of hydrogen-bond donors (Lipinski definition) is 3. The van der Waals surface area contributed by atoms with Crippen LogP contribution in [0.15, 0.2) is 54.6 Å². The number of ether oxygens (including phenoxy) is 2. The Labute approximate surface area is 333 Å². The lowest BCUT2D eigenvalue weighted by molar-refractivity contribution is -0.163. The number of carbonyl (C=O) groups is 7. The molecule has 4 aliphatic rings. The Morgan fingerprint density at radius 2 is 1.49 bits per heavy atom. The normalized spacial score (nSPS) is 27.8. The first kappa shape index (κ1) is 41.2. The molecule has 57 heavy (non-hydrogen) atoms. The van der Waals surface area contributed by atoms with E-state index in [4.69, 9.17) is 9.47 Å². The fourth-order valence-electron chi connectivity index (χ4n) is 8.45. The molecule has 15 nitrogen and oxygen atoms in total. The summed E-state index contributed by atoms with van der Waals surface area (Å²) in [4.78, 5) is 103. The van der Waals surface area contributed by atoms with Crippen molar-refractivity contribution in [1.82, 2.24) is 30.7 Å². The van der Waals surface area contributed by atoms with E-state index in [1.807, 2.05) is 37.3 Å². The summed E-state index contributed by atoms with van der Waals surface area (Å²) in [5.41, 5.74) is 1.45. The maximum atomic E-state index is 14.7. The van der Waals surface area contributed by atoms with Gasteiger partial charge in [-0.05, 0) is 81.5 Å². The van der Waals surface area contributed by atoms with Crippen molar-refractivity contribution in [1.29, 1.82) is 0 Å². The van der Waals surface area contributed by atoms with Gasteiger partial charge in [-0.2, -0.15) is 0 Å². The molecule has 15 heteroatoms. The van der Waals surface area contributed by atoms with Crippen LogP contribution in [0.25, 0.3) is 0 Å². The highest BCUT2D eigenvalue weighted by Crippen LogP contribution is 2.29. The molecule has 0 bridgehead atoms. The van der Waals surface area contributed by atoms with Crippen molar-refractivity contribution in [2.24, 2.45) is 5.92 Å². The monoisotopic (exact) mass is 786 g/mol. The molecular formula is C42H54N6O9. The second kappa shape index (κ2) is 18.2. The van der Waals surface area contributed by atoms with E-state index in [-0.39, 0.29) is 37.8 Å². The maximum absolute atomic E-state index is 14.7. The standard InChI is InChI=1S/C42H54N6O9/c1-25-21-34-42(55)57-27(3)36(45-37(50)31(22-28-11-6-5-7-12-28)44-35(49)23-29-15-17-30(56-4)18-16-29)41(54)47-20-10-14-33(47)40(53)46-19-9-8-13-32(46)38(51)43-26(2)39(52)48(34)24-25/h5-7,11-12,15-18,25-27,31-34,36H,8-10,13-14,19-24H2,1-4H3,(H,43,51)(H,44,49)(H,45,50)/t25-,26+,27+,31+,32+,33+,34+,36+/m1/s1. The summed E-state index contributed by atoms with van der Waals surface area (Å²) in [6, 6.07) is 9.79. The van der Waals surface area contributed by atoms with Crippen LogP contribution in [0.1, 0.15) is 70.4 Å². The number of nitrogens with zero attached hydrogens (tertiary/aromatic N) is 3. The first-order valence-corrected chi connectivity index (χ1v) is 20.0. The molecule has 0 aromatic heterocycles. The highest BCUT2D eigenvalue weighted by Gasteiger charge is 2.47. The second-order valence-corrected chi connectivity index (χ2v) is 15.8. The number of esters is 1. The molecule has 6 rings (SSSR count). The Morgan fingerprint density at radius 3 is 2.21 bits per heavy atom. The number of methoxy groups -OCH3 is 1. The summed E-state index contributed by atoms with van der Waals surface area (Å²) in [5, 5.41) is 8.45. The van der Waals surface area contributed by atoms with Gasteiger partial charge < -0.3 is 40.1 Å². The lowest BCUT2D eigenvalue weighted by Gasteiger charge is -2.39. The summed E-state index contributed by atoms with van der Waals surface area (Å²) in [5.74, 6) is -3.23. The van der Waals surface area contributed by atoms with E-state index in [2.05, 4.69) is 16.0 Å². The van der Waals surface area contributed by atoms with Gasteiger partial charge in [-0.25, -0.2) is 4.79 Å². The van der Waals surface area contributed by atoms with Crippen LogP contribution in [0.5, 0.6) is 5.75 Å². The number of hydrogen-bond acceptors (Lipinski definition) is 9. The third kappa shape index (κ3) is 9.57. The molecule has 306 valence electrons. The van der Waals surface area contributed by atoms with Gasteiger partial charge in [-0.1, -0.05) is 49.4 Å². The minimum Gasteiger partial charge on any atom is -0.497 e. The number of cyclic esters (lactones) is 1. The van der Waals surface area contributed by atoms with Crippen LogP contribution >= 0.6 is 0 Å². The van der Waals surface area contributed by atoms with Crippen molar-refractivity contribution in [2.75, 3.05) is 26.7 Å². The highest BCUT2D eigenvalue weighted by atomic mass is 16.5. The van der Waals surface area contributed by atoms with Crippen molar-refractivity contribution in [3.63, 3.8) is 0 Å². The molecule has 2 aromatic rings. The van der Waals surface area contributed by atoms with Crippen molar-refractivity contribution in [2.45, 2.75) is 114 Å². The number of nitrogens with one attached hydrogen (secondary N) is 3. The molecular weight excluding hydrogens is 732 g/mol. The Kier molecular flexibility index (Phi) is 13.1. The van der Waals surface area contributed by atoms with Gasteiger partial charge in [0.1, 0.15) is 48.1 Å². The van der Waals surface area contributed by atoms with E-state index < -0.39 is 77.9 Å². The molecule has 0 aliphatic carbocycles. The number of carbonyl (C=O) groups excluding carboxylic acids is 7. The van der Waals surface area contributed by atoms with Gasteiger partial charge in [0.05, 0.1) is 13.5 Å². The quantitative estimate of drug-likeness (QED) is 0.334. The van der Waals surface area contributed by atoms with Gasteiger partial charge in [0.25, 0.3) is 0 Å². The Bertz CT molecular complexity index is 1820. The lowest BCUT2D eigenvalue weighted by Crippen LogP contribution is -2.63. The Morgan fingerprint density at radius 1 is 0.807 bits per heavy atom. The third-order valence-corrected chi connectivity index (χ3v) is 11.5. The third-order valence-electron chi connectivity index (χ3n) is 11.5. The summed E-state index contributed by atoms with van der Waals surface area (Å²) in [7, 11) is 1.55. The zero-order valence-corrected chi connectivity index (χ0v) is 33.1. The molecule has 0 unspecified atom stereocenters. The fourth-order valence-corrected chi connectivity index (χ4v) is 8.45. The van der Waals surface area contributed by atoms with Gasteiger partial charge >= 0.3 is 5.97 Å². The topological polar surface area (TPSA) is 184 Å². The first-order chi connectivity index (χ1) is 27.3. The average Bonchev–Trinajstić information content (AvgIpc) is 3.86. The number of piperidine rings is 1. The van der Waals surface area contributed by atoms with E-state index >= 15 is 0 Å². The predicted octanol–water partition coefficient (Wildman–Crippen LogP) is 1.51. The second-order valence-electron chi connectivity index (χ2n) is 15.8. The minimum absolute atomic E-state index is 0.0281. The lowest BCUT2D eigenvalue weighted by atomic mass is 9.99. The first-order valence-electron chi connectivity index (χ1n) is 20.0. The van der Waals surface area contributed by atoms with Crippen LogP contribution in [0.2, 0.25) is 0 Å². The molecule has 0 saturated carbocycles. The average molecular weight is 787 g/mol. The smallest absolute Gasteiger partial charge is 0.329 e. The van der Waals surface area contributed by atoms with Gasteiger partial charge in [-0.3, -0.25) is 28.8 Å². The summed E-state index contributed by atoms with van der Waals surface area (Å²) < 4.78 is 11.2. The molecule has 2 aromatic carbocycles. The van der Waals surface area contributed by atoms with Crippen LogP contribution in [0.3, 0.4) is 0 Å². The minimum atomic E-state index is -1.46. The van der Waals surface area contributed by atoms with Gasteiger partial charge in [0.15, 0.2) is 0 Å². The van der Waals surface area contributed by atoms with E-state index in [1.165, 1.54) is 21.6 Å². The van der Waals surface area contributed by atoms with Crippen LogP contribution in [-0.2, 0) is 51.1 Å². The molecule has 4 heterocycles. The Balaban J connectivity index is 1.31. The van der Waals surface area contributed by atoms with E-state index in [9.17, 15) is 33.6 Å². The molecule has 0 spiro atoms. The van der Waals surface area contributed by atoms with Crippen molar-refractivity contribution >= 4 is 41.4 Å². The number of fused-ring (bicyclic) bond motifs is 3.